The van der Waals surface area contributed by atoms with Crippen LogP contribution in [0.1, 0.15) is 44.6 Å². The predicted molar refractivity (Wildman–Crippen MR) is 300 cm³/mol. The van der Waals surface area contributed by atoms with E-state index in [9.17, 15) is 0 Å². The van der Waals surface area contributed by atoms with Crippen molar-refractivity contribution in [2.45, 2.75) is 10.8 Å². The molecule has 0 saturated carbocycles. The van der Waals surface area contributed by atoms with E-state index in [1.807, 2.05) is 0 Å². The third-order valence-corrected chi connectivity index (χ3v) is 17.8. The van der Waals surface area contributed by atoms with Gasteiger partial charge in [0.15, 0.2) is 0 Å². The normalized spacial score (nSPS) is 14.5. The molecular formula is C71H40N2. The van der Waals surface area contributed by atoms with Gasteiger partial charge in [0.25, 0.3) is 0 Å². The number of pyridine rings is 1. The first-order valence-corrected chi connectivity index (χ1v) is 25.6. The highest BCUT2D eigenvalue weighted by Crippen LogP contribution is 2.67. The molecule has 0 bridgehead atoms. The fourth-order valence-electron chi connectivity index (χ4n) is 15.3. The van der Waals surface area contributed by atoms with E-state index in [4.69, 9.17) is 4.98 Å². The van der Waals surface area contributed by atoms with Gasteiger partial charge in [-0.05, 0) is 118 Å². The number of hydrogen-bond acceptors (Lipinski definition) is 1. The minimum Gasteiger partial charge on any atom is -0.306 e. The zero-order valence-electron chi connectivity index (χ0n) is 39.5. The molecule has 0 amide bonds. The molecule has 18 rings (SSSR count). The number of aromatic nitrogens is 2. The molecule has 0 aliphatic heterocycles. The average Bonchev–Trinajstić information content (AvgIpc) is 4.32. The molecular weight excluding hydrogens is 881 g/mol. The molecule has 73 heavy (non-hydrogen) atoms. The SMILES string of the molecule is c1ccc(-c2cccc3c(-c4ccccc4)c4c5c6c(ncc5n5c7cc8c(cc7c(c23)c45)C2(c3ccccc3-c3ccccc32)c2ccccc2-8)C2(c3ccccc3-c3ccccc32)c2ccccc2-6)cc1. The Morgan fingerprint density at radius 3 is 1.33 bits per heavy atom. The van der Waals surface area contributed by atoms with Crippen LogP contribution in [0.4, 0.5) is 0 Å². The van der Waals surface area contributed by atoms with Gasteiger partial charge < -0.3 is 4.40 Å². The monoisotopic (exact) mass is 920 g/mol. The molecule has 0 fully saturated rings. The van der Waals surface area contributed by atoms with Crippen LogP contribution in [0.2, 0.25) is 0 Å². The van der Waals surface area contributed by atoms with Gasteiger partial charge in [-0.25, -0.2) is 0 Å². The Morgan fingerprint density at radius 1 is 0.288 bits per heavy atom. The molecule has 3 aromatic heterocycles. The lowest BCUT2D eigenvalue weighted by Crippen LogP contribution is -2.26. The summed E-state index contributed by atoms with van der Waals surface area (Å²) in [6, 6.07) is 89.4. The van der Waals surface area contributed by atoms with Gasteiger partial charge in [-0.2, -0.15) is 0 Å². The third kappa shape index (κ3) is 4.29. The molecule has 3 heterocycles. The number of rotatable bonds is 2. The Morgan fingerprint density at radius 2 is 0.753 bits per heavy atom. The van der Waals surface area contributed by atoms with Gasteiger partial charge in [-0.3, -0.25) is 4.98 Å². The molecule has 2 nitrogen and oxygen atoms in total. The number of fused-ring (bicyclic) bond motifs is 29. The molecule has 4 aliphatic carbocycles. The maximum absolute atomic E-state index is 5.87. The van der Waals surface area contributed by atoms with Crippen molar-refractivity contribution < 1.29 is 0 Å². The minimum absolute atomic E-state index is 0.483. The second-order valence-corrected chi connectivity index (χ2v) is 20.7. The van der Waals surface area contributed by atoms with Gasteiger partial charge in [0, 0.05) is 32.5 Å². The molecule has 0 unspecified atom stereocenters. The summed E-state index contributed by atoms with van der Waals surface area (Å²) < 4.78 is 2.63. The maximum atomic E-state index is 5.87. The Bertz CT molecular complexity index is 4690. The molecule has 0 radical (unpaired) electrons. The Hall–Kier alpha value is -9.37. The van der Waals surface area contributed by atoms with E-state index in [-0.39, 0.29) is 0 Å². The highest BCUT2D eigenvalue weighted by atomic mass is 14.9. The second kappa shape index (κ2) is 13.3. The van der Waals surface area contributed by atoms with Crippen LogP contribution < -0.4 is 0 Å². The minimum atomic E-state index is -0.580. The highest BCUT2D eigenvalue weighted by molar-refractivity contribution is 6.40. The Balaban J connectivity index is 1.09. The van der Waals surface area contributed by atoms with Crippen molar-refractivity contribution in [2.75, 3.05) is 0 Å². The largest absolute Gasteiger partial charge is 0.306 e. The molecule has 0 saturated heterocycles. The molecule has 4 aliphatic rings. The topological polar surface area (TPSA) is 17.3 Å². The standard InChI is InChI=1S/C71H40N2/c1-3-20-41(21-4-1)43-30-19-31-50-62(42-22-5-2-6-23-42)67-66-61(40-72-69-65(66)49-29-12-18-37-58(49)71(69)56-35-16-9-26-46(56)47-27-10-17-36-57(47)71)73-60-39-51-48-28-11-15-34-55(48)70(59(51)38-52(60)64(63(43)50)68(67)73)53-32-13-7-24-44(53)45-25-8-14-33-54(45)70/h1-40H. The maximum Gasteiger partial charge on any atom is 0.0898 e. The van der Waals surface area contributed by atoms with Crippen molar-refractivity contribution in [1.29, 1.82) is 0 Å². The van der Waals surface area contributed by atoms with E-state index in [0.29, 0.717) is 0 Å². The van der Waals surface area contributed by atoms with Crippen LogP contribution in [0.15, 0.2) is 243 Å². The average molecular weight is 921 g/mol. The molecule has 0 atom stereocenters. The summed E-state index contributed by atoms with van der Waals surface area (Å²) in [6.45, 7) is 0. The van der Waals surface area contributed by atoms with Crippen LogP contribution in [-0.2, 0) is 10.8 Å². The number of nitrogens with zero attached hydrogens (tertiary/aromatic N) is 2. The van der Waals surface area contributed by atoms with Crippen LogP contribution in [0.25, 0.3) is 116 Å². The highest BCUT2D eigenvalue weighted by Gasteiger charge is 2.55. The molecule has 0 N–H and O–H groups in total. The van der Waals surface area contributed by atoms with Crippen LogP contribution in [0, 0.1) is 0 Å². The molecule has 2 heteroatoms. The van der Waals surface area contributed by atoms with Crippen LogP contribution in [-0.4, -0.2) is 9.38 Å². The summed E-state index contributed by atoms with van der Waals surface area (Å²) >= 11 is 0. The third-order valence-electron chi connectivity index (χ3n) is 17.8. The van der Waals surface area contributed by atoms with Gasteiger partial charge in [-0.1, -0.05) is 224 Å². The van der Waals surface area contributed by atoms with Crippen LogP contribution in [0.3, 0.4) is 0 Å². The van der Waals surface area contributed by atoms with E-state index in [1.165, 1.54) is 149 Å². The molecule has 334 valence electrons. The van der Waals surface area contributed by atoms with Crippen LogP contribution >= 0.6 is 0 Å². The lowest BCUT2D eigenvalue weighted by molar-refractivity contribution is 0.761. The second-order valence-electron chi connectivity index (χ2n) is 20.7. The van der Waals surface area contributed by atoms with Crippen LogP contribution in [0.5, 0.6) is 0 Å². The fourth-order valence-corrected chi connectivity index (χ4v) is 15.3. The first-order valence-electron chi connectivity index (χ1n) is 25.6. The van der Waals surface area contributed by atoms with Gasteiger partial charge in [0.2, 0.25) is 0 Å². The van der Waals surface area contributed by atoms with Crippen molar-refractivity contribution in [3.63, 3.8) is 0 Å². The van der Waals surface area contributed by atoms with Gasteiger partial charge in [0.05, 0.1) is 39.3 Å². The summed E-state index contributed by atoms with van der Waals surface area (Å²) in [4.78, 5) is 5.87. The quantitative estimate of drug-likeness (QED) is 0.169. The molecule has 2 spiro atoms. The van der Waals surface area contributed by atoms with E-state index in [1.54, 1.807) is 0 Å². The van der Waals surface area contributed by atoms with E-state index in [2.05, 4.69) is 247 Å². The number of hydrogen-bond donors (Lipinski definition) is 0. The van der Waals surface area contributed by atoms with Crippen molar-refractivity contribution in [2.24, 2.45) is 0 Å². The van der Waals surface area contributed by atoms with Gasteiger partial charge >= 0.3 is 0 Å². The van der Waals surface area contributed by atoms with Crippen molar-refractivity contribution in [1.82, 2.24) is 9.38 Å². The van der Waals surface area contributed by atoms with E-state index >= 15 is 0 Å². The fraction of sp³-hybridized carbons (Fsp3) is 0.0282. The van der Waals surface area contributed by atoms with Crippen molar-refractivity contribution in [3.8, 4) is 66.8 Å². The summed E-state index contributed by atoms with van der Waals surface area (Å²) in [5.41, 5.74) is 28.1. The zero-order valence-corrected chi connectivity index (χ0v) is 39.5. The molecule has 11 aromatic carbocycles. The Kier molecular flexibility index (Phi) is 7.01. The summed E-state index contributed by atoms with van der Waals surface area (Å²) in [7, 11) is 0. The Labute approximate surface area is 421 Å². The summed E-state index contributed by atoms with van der Waals surface area (Å²) in [5, 5.41) is 7.62. The summed E-state index contributed by atoms with van der Waals surface area (Å²) in [6.07, 6.45) is 2.24. The predicted octanol–water partition coefficient (Wildman–Crippen LogP) is 17.4. The zero-order chi connectivity index (χ0) is 47.3. The first-order chi connectivity index (χ1) is 36.3. The van der Waals surface area contributed by atoms with Gasteiger partial charge in [-0.15, -0.1) is 0 Å². The lowest BCUT2D eigenvalue weighted by atomic mass is 9.70. The van der Waals surface area contributed by atoms with E-state index < -0.39 is 10.8 Å². The van der Waals surface area contributed by atoms with Crippen molar-refractivity contribution in [3.05, 3.63) is 287 Å². The smallest absolute Gasteiger partial charge is 0.0898 e. The van der Waals surface area contributed by atoms with Crippen molar-refractivity contribution >= 4 is 48.9 Å². The number of benzene rings is 11. The lowest BCUT2D eigenvalue weighted by Gasteiger charge is -2.30. The molecule has 14 aromatic rings. The van der Waals surface area contributed by atoms with Gasteiger partial charge in [0.1, 0.15) is 0 Å². The first kappa shape index (κ1) is 38.4. The van der Waals surface area contributed by atoms with E-state index in [0.717, 1.165) is 11.2 Å². The summed E-state index contributed by atoms with van der Waals surface area (Å²) in [5.74, 6) is 0.